The lowest BCUT2D eigenvalue weighted by Crippen LogP contribution is -2.31. The minimum absolute atomic E-state index is 0.125. The number of Topliss-reactive ketones (excluding diaryl/α,β-unsaturated/α-hetero) is 1. The molecular weight excluding hydrogens is 302 g/mol. The van der Waals surface area contributed by atoms with Crippen LogP contribution in [0.1, 0.15) is 22.8 Å². The van der Waals surface area contributed by atoms with Crippen molar-refractivity contribution in [2.75, 3.05) is 5.32 Å². The highest BCUT2D eigenvalue weighted by Crippen LogP contribution is 2.21. The van der Waals surface area contributed by atoms with Gasteiger partial charge in [-0.2, -0.15) is 0 Å². The molecule has 2 aromatic carbocycles. The van der Waals surface area contributed by atoms with Crippen molar-refractivity contribution in [2.45, 2.75) is 19.4 Å². The monoisotopic (exact) mass is 317 g/mol. The molecular formula is C17H16ClNO3. The predicted octanol–water partition coefficient (Wildman–Crippen LogP) is 3.65. The molecule has 0 saturated heterocycles. The van der Waals surface area contributed by atoms with E-state index in [9.17, 15) is 14.7 Å². The van der Waals surface area contributed by atoms with Gasteiger partial charge in [-0.25, -0.2) is 4.79 Å². The fraction of sp³-hybridized carbons (Fsp3) is 0.176. The minimum Gasteiger partial charge on any atom is -0.480 e. The number of carboxylic acids is 1. The largest absolute Gasteiger partial charge is 0.480 e. The topological polar surface area (TPSA) is 66.4 Å². The lowest BCUT2D eigenvalue weighted by atomic mass is 10.1. The second-order valence-electron chi connectivity index (χ2n) is 5.01. The number of hydrogen-bond acceptors (Lipinski definition) is 3. The van der Waals surface area contributed by atoms with E-state index in [1.54, 1.807) is 18.2 Å². The lowest BCUT2D eigenvalue weighted by Gasteiger charge is -2.16. The number of nitrogens with one attached hydrogen (secondary N) is 1. The number of benzene rings is 2. The molecule has 0 aliphatic rings. The van der Waals surface area contributed by atoms with Crippen LogP contribution in [-0.2, 0) is 11.2 Å². The van der Waals surface area contributed by atoms with E-state index in [1.807, 2.05) is 30.3 Å². The highest BCUT2D eigenvalue weighted by Gasteiger charge is 2.18. The van der Waals surface area contributed by atoms with Crippen molar-refractivity contribution in [3.05, 3.63) is 64.7 Å². The van der Waals surface area contributed by atoms with Crippen LogP contribution in [0.3, 0.4) is 0 Å². The molecule has 2 aromatic rings. The van der Waals surface area contributed by atoms with Gasteiger partial charge >= 0.3 is 5.97 Å². The molecule has 0 heterocycles. The van der Waals surface area contributed by atoms with Gasteiger partial charge in [-0.05, 0) is 30.7 Å². The van der Waals surface area contributed by atoms with Gasteiger partial charge in [-0.3, -0.25) is 4.79 Å². The van der Waals surface area contributed by atoms with Crippen molar-refractivity contribution in [1.29, 1.82) is 0 Å². The Morgan fingerprint density at radius 1 is 1.18 bits per heavy atom. The normalized spacial score (nSPS) is 11.7. The zero-order valence-electron chi connectivity index (χ0n) is 12.0. The third-order valence-electron chi connectivity index (χ3n) is 3.23. The molecule has 0 aromatic heterocycles. The Hall–Kier alpha value is -2.33. The van der Waals surface area contributed by atoms with Crippen LogP contribution in [0, 0.1) is 0 Å². The SMILES string of the molecule is CC(=O)c1cc(Cl)cc(NC(Cc2ccccc2)C(=O)O)c1. The summed E-state index contributed by atoms with van der Waals surface area (Å²) in [5.74, 6) is -1.09. The van der Waals surface area contributed by atoms with Crippen molar-refractivity contribution < 1.29 is 14.7 Å². The van der Waals surface area contributed by atoms with Crippen LogP contribution in [0.15, 0.2) is 48.5 Å². The molecule has 5 heteroatoms. The molecule has 22 heavy (non-hydrogen) atoms. The summed E-state index contributed by atoms with van der Waals surface area (Å²) in [7, 11) is 0. The number of carbonyl (C=O) groups excluding carboxylic acids is 1. The van der Waals surface area contributed by atoms with Crippen LogP contribution in [0.2, 0.25) is 5.02 Å². The Morgan fingerprint density at radius 2 is 1.86 bits per heavy atom. The molecule has 114 valence electrons. The van der Waals surface area contributed by atoms with E-state index in [0.717, 1.165) is 5.56 Å². The summed E-state index contributed by atoms with van der Waals surface area (Å²) in [6.45, 7) is 1.44. The first kappa shape index (κ1) is 16.0. The summed E-state index contributed by atoms with van der Waals surface area (Å²) in [6.07, 6.45) is 0.331. The van der Waals surface area contributed by atoms with E-state index in [2.05, 4.69) is 5.32 Å². The van der Waals surface area contributed by atoms with Gasteiger partial charge in [0.2, 0.25) is 0 Å². The summed E-state index contributed by atoms with van der Waals surface area (Å²) < 4.78 is 0. The number of carbonyl (C=O) groups is 2. The maximum atomic E-state index is 11.5. The van der Waals surface area contributed by atoms with Crippen molar-refractivity contribution in [3.63, 3.8) is 0 Å². The molecule has 0 aliphatic carbocycles. The molecule has 0 saturated carbocycles. The van der Waals surface area contributed by atoms with Gasteiger partial charge in [0, 0.05) is 22.7 Å². The fourth-order valence-corrected chi connectivity index (χ4v) is 2.36. The van der Waals surface area contributed by atoms with E-state index in [4.69, 9.17) is 11.6 Å². The highest BCUT2D eigenvalue weighted by atomic mass is 35.5. The zero-order valence-corrected chi connectivity index (χ0v) is 12.8. The summed E-state index contributed by atoms with van der Waals surface area (Å²) in [4.78, 5) is 22.9. The molecule has 1 unspecified atom stereocenters. The van der Waals surface area contributed by atoms with Gasteiger partial charge in [0.1, 0.15) is 6.04 Å². The predicted molar refractivity (Wildman–Crippen MR) is 86.6 cm³/mol. The van der Waals surface area contributed by atoms with Crippen LogP contribution >= 0.6 is 11.6 Å². The Bertz CT molecular complexity index is 686. The Kier molecular flexibility index (Phi) is 5.17. The lowest BCUT2D eigenvalue weighted by molar-refractivity contribution is -0.137. The van der Waals surface area contributed by atoms with E-state index >= 15 is 0 Å². The van der Waals surface area contributed by atoms with Crippen molar-refractivity contribution in [2.24, 2.45) is 0 Å². The Morgan fingerprint density at radius 3 is 2.45 bits per heavy atom. The van der Waals surface area contributed by atoms with E-state index in [1.165, 1.54) is 6.92 Å². The molecule has 0 bridgehead atoms. The van der Waals surface area contributed by atoms with Gasteiger partial charge in [0.05, 0.1) is 0 Å². The van der Waals surface area contributed by atoms with Gasteiger partial charge in [-0.1, -0.05) is 41.9 Å². The minimum atomic E-state index is -0.965. The standard InChI is InChI=1S/C17H16ClNO3/c1-11(20)13-8-14(18)10-15(9-13)19-16(17(21)22)7-12-5-3-2-4-6-12/h2-6,8-10,16,19H,7H2,1H3,(H,21,22). The molecule has 0 fully saturated rings. The number of aliphatic carboxylic acids is 1. The molecule has 0 amide bonds. The number of halogens is 1. The van der Waals surface area contributed by atoms with E-state index in [0.29, 0.717) is 22.7 Å². The fourth-order valence-electron chi connectivity index (χ4n) is 2.13. The maximum Gasteiger partial charge on any atom is 0.326 e. The molecule has 2 rings (SSSR count). The second kappa shape index (κ2) is 7.09. The van der Waals surface area contributed by atoms with Gasteiger partial charge in [-0.15, -0.1) is 0 Å². The smallest absolute Gasteiger partial charge is 0.326 e. The van der Waals surface area contributed by atoms with Gasteiger partial charge in [0.15, 0.2) is 5.78 Å². The summed E-state index contributed by atoms with van der Waals surface area (Å²) in [5.41, 5.74) is 1.87. The van der Waals surface area contributed by atoms with Crippen molar-refractivity contribution in [1.82, 2.24) is 0 Å². The summed E-state index contributed by atoms with van der Waals surface area (Å²) in [6, 6.07) is 13.3. The Balaban J connectivity index is 2.21. The third kappa shape index (κ3) is 4.33. The Labute approximate surface area is 133 Å². The zero-order chi connectivity index (χ0) is 16.1. The van der Waals surface area contributed by atoms with Crippen molar-refractivity contribution in [3.8, 4) is 0 Å². The van der Waals surface area contributed by atoms with Gasteiger partial charge < -0.3 is 10.4 Å². The van der Waals surface area contributed by atoms with Crippen LogP contribution in [0.25, 0.3) is 0 Å². The van der Waals surface area contributed by atoms with Crippen LogP contribution in [-0.4, -0.2) is 22.9 Å². The molecule has 2 N–H and O–H groups in total. The van der Waals surface area contributed by atoms with E-state index < -0.39 is 12.0 Å². The molecule has 0 radical (unpaired) electrons. The average molecular weight is 318 g/mol. The molecule has 1 atom stereocenters. The number of rotatable bonds is 6. The first-order valence-corrected chi connectivity index (χ1v) is 7.18. The third-order valence-corrected chi connectivity index (χ3v) is 3.44. The molecule has 4 nitrogen and oxygen atoms in total. The molecule has 0 aliphatic heterocycles. The first-order valence-electron chi connectivity index (χ1n) is 6.80. The average Bonchev–Trinajstić information content (AvgIpc) is 2.47. The number of hydrogen-bond donors (Lipinski definition) is 2. The highest BCUT2D eigenvalue weighted by molar-refractivity contribution is 6.31. The summed E-state index contributed by atoms with van der Waals surface area (Å²) in [5, 5.41) is 12.7. The van der Waals surface area contributed by atoms with Crippen LogP contribution in [0.4, 0.5) is 5.69 Å². The van der Waals surface area contributed by atoms with E-state index in [-0.39, 0.29) is 5.78 Å². The van der Waals surface area contributed by atoms with Crippen LogP contribution in [0.5, 0.6) is 0 Å². The second-order valence-corrected chi connectivity index (χ2v) is 5.45. The van der Waals surface area contributed by atoms with Crippen molar-refractivity contribution >= 4 is 29.0 Å². The number of ketones is 1. The van der Waals surface area contributed by atoms with Gasteiger partial charge in [0.25, 0.3) is 0 Å². The number of anilines is 1. The number of carboxylic acid groups (broad SMARTS) is 1. The molecule has 0 spiro atoms. The maximum absolute atomic E-state index is 11.5. The summed E-state index contributed by atoms with van der Waals surface area (Å²) >= 11 is 5.98. The van der Waals surface area contributed by atoms with Crippen LogP contribution < -0.4 is 5.32 Å². The first-order chi connectivity index (χ1) is 10.5. The quantitative estimate of drug-likeness (QED) is 0.798.